The minimum atomic E-state index is -0.894. The van der Waals surface area contributed by atoms with Crippen molar-refractivity contribution in [3.63, 3.8) is 0 Å². The molecule has 1 aliphatic rings. The molecular formula is C15H20N2O3. The zero-order valence-electron chi connectivity index (χ0n) is 11.6. The van der Waals surface area contributed by atoms with Crippen LogP contribution in [0.1, 0.15) is 35.2 Å². The minimum absolute atomic E-state index is 0.231. The van der Waals surface area contributed by atoms with Crippen LogP contribution in [0.5, 0.6) is 0 Å². The first-order valence-corrected chi connectivity index (χ1v) is 6.84. The third-order valence-corrected chi connectivity index (χ3v) is 3.91. The molecule has 0 radical (unpaired) electrons. The molecule has 5 heteroatoms. The van der Waals surface area contributed by atoms with Gasteiger partial charge >= 0.3 is 5.97 Å². The summed E-state index contributed by atoms with van der Waals surface area (Å²) in [5, 5.41) is 9.03. The highest BCUT2D eigenvalue weighted by molar-refractivity contribution is 5.89. The van der Waals surface area contributed by atoms with Gasteiger partial charge in [0.25, 0.3) is 0 Å². The van der Waals surface area contributed by atoms with Gasteiger partial charge in [-0.3, -0.25) is 4.79 Å². The van der Waals surface area contributed by atoms with Crippen LogP contribution >= 0.6 is 0 Å². The predicted molar refractivity (Wildman–Crippen MR) is 76.9 cm³/mol. The summed E-state index contributed by atoms with van der Waals surface area (Å²) in [5.41, 5.74) is 7.39. The van der Waals surface area contributed by atoms with Crippen molar-refractivity contribution >= 4 is 17.6 Å². The minimum Gasteiger partial charge on any atom is -0.478 e. The van der Waals surface area contributed by atoms with Crippen molar-refractivity contribution in [3.05, 3.63) is 29.3 Å². The molecule has 0 atom stereocenters. The smallest absolute Gasteiger partial charge is 0.335 e. The lowest BCUT2D eigenvalue weighted by Crippen LogP contribution is -2.35. The number of rotatable bonds is 4. The van der Waals surface area contributed by atoms with E-state index in [2.05, 4.69) is 4.90 Å². The van der Waals surface area contributed by atoms with E-state index in [0.29, 0.717) is 17.9 Å². The van der Waals surface area contributed by atoms with Crippen LogP contribution in [-0.4, -0.2) is 30.1 Å². The molecule has 20 heavy (non-hydrogen) atoms. The zero-order chi connectivity index (χ0) is 14.7. The van der Waals surface area contributed by atoms with Crippen LogP contribution in [0.25, 0.3) is 0 Å². The number of hydrogen-bond donors (Lipinski definition) is 2. The molecule has 0 aromatic heterocycles. The Morgan fingerprint density at radius 3 is 2.50 bits per heavy atom. The number of anilines is 1. The number of amides is 1. The summed E-state index contributed by atoms with van der Waals surface area (Å²) in [6.45, 7) is 3.57. The number of benzene rings is 1. The highest BCUT2D eigenvalue weighted by atomic mass is 16.4. The van der Waals surface area contributed by atoms with Gasteiger partial charge in [0.1, 0.15) is 0 Å². The number of aromatic carboxylic acids is 1. The second-order valence-corrected chi connectivity index (χ2v) is 5.41. The van der Waals surface area contributed by atoms with Gasteiger partial charge in [0, 0.05) is 25.2 Å². The number of carbonyl (C=O) groups is 2. The molecule has 0 saturated carbocycles. The molecule has 1 aromatic rings. The zero-order valence-corrected chi connectivity index (χ0v) is 11.6. The number of carbonyl (C=O) groups excluding carboxylic acids is 1. The number of hydrogen-bond acceptors (Lipinski definition) is 3. The van der Waals surface area contributed by atoms with Crippen LogP contribution in [-0.2, 0) is 4.79 Å². The lowest BCUT2D eigenvalue weighted by atomic mass is 9.93. The number of aryl methyl sites for hydroxylation is 1. The summed E-state index contributed by atoms with van der Waals surface area (Å²) in [6, 6.07) is 5.42. The molecular weight excluding hydrogens is 256 g/mol. The van der Waals surface area contributed by atoms with Crippen LogP contribution in [0, 0.1) is 12.8 Å². The summed E-state index contributed by atoms with van der Waals surface area (Å²) in [7, 11) is 0. The fourth-order valence-electron chi connectivity index (χ4n) is 2.76. The van der Waals surface area contributed by atoms with Crippen LogP contribution in [0.3, 0.4) is 0 Å². The largest absolute Gasteiger partial charge is 0.478 e. The summed E-state index contributed by atoms with van der Waals surface area (Å²) < 4.78 is 0. The van der Waals surface area contributed by atoms with E-state index in [4.69, 9.17) is 10.8 Å². The normalized spacial score (nSPS) is 16.1. The molecule has 0 spiro atoms. The standard InChI is InChI=1S/C15H20N2O3/c1-10-8-12(2-3-13(10)15(19)20)17-6-4-11(5-7-17)9-14(16)18/h2-3,8,11H,4-7,9H2,1H3,(H2,16,18)(H,19,20). The fraction of sp³-hybridized carbons (Fsp3) is 0.467. The second-order valence-electron chi connectivity index (χ2n) is 5.41. The predicted octanol–water partition coefficient (Wildman–Crippen LogP) is 1.79. The Labute approximate surface area is 118 Å². The molecule has 1 aromatic carbocycles. The van der Waals surface area contributed by atoms with Crippen molar-refractivity contribution < 1.29 is 14.7 Å². The summed E-state index contributed by atoms with van der Waals surface area (Å²) in [6.07, 6.45) is 2.36. The van der Waals surface area contributed by atoms with Gasteiger partial charge in [-0.2, -0.15) is 0 Å². The van der Waals surface area contributed by atoms with Crippen molar-refractivity contribution in [1.82, 2.24) is 0 Å². The molecule has 3 N–H and O–H groups in total. The number of nitrogens with two attached hydrogens (primary N) is 1. The van der Waals surface area contributed by atoms with Gasteiger partial charge in [-0.15, -0.1) is 0 Å². The molecule has 1 heterocycles. The maximum atomic E-state index is 11.0. The third-order valence-electron chi connectivity index (χ3n) is 3.91. The van der Waals surface area contributed by atoms with Crippen molar-refractivity contribution in [2.45, 2.75) is 26.2 Å². The van der Waals surface area contributed by atoms with Crippen molar-refractivity contribution in [3.8, 4) is 0 Å². The molecule has 1 fully saturated rings. The van der Waals surface area contributed by atoms with Gasteiger partial charge in [0.05, 0.1) is 5.56 Å². The molecule has 0 unspecified atom stereocenters. The second kappa shape index (κ2) is 5.94. The van der Waals surface area contributed by atoms with Crippen LogP contribution < -0.4 is 10.6 Å². The van der Waals surface area contributed by atoms with E-state index in [1.807, 2.05) is 19.1 Å². The molecule has 108 valence electrons. The maximum absolute atomic E-state index is 11.0. The lowest BCUT2D eigenvalue weighted by Gasteiger charge is -2.33. The molecule has 0 bridgehead atoms. The monoisotopic (exact) mass is 276 g/mol. The van der Waals surface area contributed by atoms with Gasteiger partial charge in [-0.25, -0.2) is 4.79 Å². The Kier molecular flexibility index (Phi) is 4.27. The molecule has 2 rings (SSSR count). The van der Waals surface area contributed by atoms with Crippen LogP contribution in [0.15, 0.2) is 18.2 Å². The van der Waals surface area contributed by atoms with Crippen LogP contribution in [0.4, 0.5) is 5.69 Å². The topological polar surface area (TPSA) is 83.6 Å². The van der Waals surface area contributed by atoms with Gasteiger partial charge in [-0.05, 0) is 49.4 Å². The Bertz CT molecular complexity index is 520. The van der Waals surface area contributed by atoms with E-state index in [1.54, 1.807) is 6.07 Å². The van der Waals surface area contributed by atoms with Gasteiger partial charge < -0.3 is 15.7 Å². The molecule has 1 amide bonds. The number of nitrogens with zero attached hydrogens (tertiary/aromatic N) is 1. The molecule has 0 aliphatic carbocycles. The van der Waals surface area contributed by atoms with E-state index < -0.39 is 5.97 Å². The average molecular weight is 276 g/mol. The maximum Gasteiger partial charge on any atom is 0.335 e. The van der Waals surface area contributed by atoms with Crippen LogP contribution in [0.2, 0.25) is 0 Å². The number of primary amides is 1. The summed E-state index contributed by atoms with van der Waals surface area (Å²) in [5.74, 6) is -0.748. The number of carboxylic acid groups (broad SMARTS) is 1. The Morgan fingerprint density at radius 1 is 1.35 bits per heavy atom. The highest BCUT2D eigenvalue weighted by Gasteiger charge is 2.21. The average Bonchev–Trinajstić information content (AvgIpc) is 2.38. The van der Waals surface area contributed by atoms with E-state index in [0.717, 1.165) is 37.2 Å². The van der Waals surface area contributed by atoms with E-state index >= 15 is 0 Å². The molecule has 1 aliphatic heterocycles. The van der Waals surface area contributed by atoms with Gasteiger partial charge in [0.15, 0.2) is 0 Å². The highest BCUT2D eigenvalue weighted by Crippen LogP contribution is 2.26. The number of piperidine rings is 1. The third kappa shape index (κ3) is 3.29. The Hall–Kier alpha value is -2.04. The first-order valence-electron chi connectivity index (χ1n) is 6.84. The van der Waals surface area contributed by atoms with Crippen molar-refractivity contribution in [2.24, 2.45) is 11.7 Å². The van der Waals surface area contributed by atoms with E-state index in [1.165, 1.54) is 0 Å². The molecule has 5 nitrogen and oxygen atoms in total. The number of carboxylic acids is 1. The molecule has 1 saturated heterocycles. The summed E-state index contributed by atoms with van der Waals surface area (Å²) >= 11 is 0. The van der Waals surface area contributed by atoms with Gasteiger partial charge in [-0.1, -0.05) is 0 Å². The fourth-order valence-corrected chi connectivity index (χ4v) is 2.76. The van der Waals surface area contributed by atoms with E-state index in [9.17, 15) is 9.59 Å². The Balaban J connectivity index is 2.02. The Morgan fingerprint density at radius 2 is 2.00 bits per heavy atom. The van der Waals surface area contributed by atoms with Crippen molar-refractivity contribution in [1.29, 1.82) is 0 Å². The quantitative estimate of drug-likeness (QED) is 0.878. The van der Waals surface area contributed by atoms with Gasteiger partial charge in [0.2, 0.25) is 5.91 Å². The lowest BCUT2D eigenvalue weighted by molar-refractivity contribution is -0.119. The SMILES string of the molecule is Cc1cc(N2CCC(CC(N)=O)CC2)ccc1C(=O)O. The van der Waals surface area contributed by atoms with E-state index in [-0.39, 0.29) is 5.91 Å². The first-order chi connectivity index (χ1) is 9.47. The first kappa shape index (κ1) is 14.4. The van der Waals surface area contributed by atoms with Crippen molar-refractivity contribution in [2.75, 3.05) is 18.0 Å². The summed E-state index contributed by atoms with van der Waals surface area (Å²) in [4.78, 5) is 24.1.